The maximum atomic E-state index is 2.48. The van der Waals surface area contributed by atoms with Crippen molar-refractivity contribution in [3.05, 3.63) is 0 Å². The molecule has 0 radical (unpaired) electrons. The summed E-state index contributed by atoms with van der Waals surface area (Å²) in [5.41, 5.74) is 0.529. The van der Waals surface area contributed by atoms with Crippen LogP contribution in [0.15, 0.2) is 0 Å². The zero-order chi connectivity index (χ0) is 19.1. The van der Waals surface area contributed by atoms with Gasteiger partial charge in [-0.1, -0.05) is 111 Å². The van der Waals surface area contributed by atoms with Crippen molar-refractivity contribution in [3.63, 3.8) is 0 Å². The molecule has 3 aliphatic carbocycles. The van der Waals surface area contributed by atoms with Crippen LogP contribution < -0.4 is 0 Å². The van der Waals surface area contributed by atoms with Crippen LogP contribution in [0.2, 0.25) is 0 Å². The highest BCUT2D eigenvalue weighted by atomic mass is 14.4. The van der Waals surface area contributed by atoms with Gasteiger partial charge in [0.15, 0.2) is 0 Å². The number of hydrogen-bond acceptors (Lipinski definition) is 0. The van der Waals surface area contributed by atoms with Crippen molar-refractivity contribution in [1.82, 2.24) is 0 Å². The van der Waals surface area contributed by atoms with Gasteiger partial charge in [0, 0.05) is 0 Å². The molecule has 0 amide bonds. The van der Waals surface area contributed by atoms with E-state index in [4.69, 9.17) is 0 Å². The van der Waals surface area contributed by atoms with Crippen LogP contribution in [0.25, 0.3) is 0 Å². The molecule has 0 N–H and O–H groups in total. The summed E-state index contributed by atoms with van der Waals surface area (Å²) in [4.78, 5) is 0. The smallest absolute Gasteiger partial charge is 0.0354 e. The Bertz CT molecular complexity index is 397. The second-order valence-corrected chi connectivity index (χ2v) is 11.8. The highest BCUT2D eigenvalue weighted by Gasteiger charge is 2.33. The van der Waals surface area contributed by atoms with Crippen LogP contribution in [0.4, 0.5) is 0 Å². The van der Waals surface area contributed by atoms with Crippen LogP contribution in [0.5, 0.6) is 0 Å². The Morgan fingerprint density at radius 3 is 1.96 bits per heavy atom. The quantitative estimate of drug-likeness (QED) is 0.460. The minimum Gasteiger partial charge on any atom is -0.0599 e. The molecule has 4 unspecified atom stereocenters. The average molecular weight is 375 g/mol. The highest BCUT2D eigenvalue weighted by molar-refractivity contribution is 4.84. The molecule has 4 atom stereocenters. The largest absolute Gasteiger partial charge is 0.0599 e. The molecule has 3 aliphatic rings. The summed E-state index contributed by atoms with van der Waals surface area (Å²) in [6.45, 7) is 7.45. The van der Waals surface area contributed by atoms with Gasteiger partial charge in [0.25, 0.3) is 0 Å². The Hall–Kier alpha value is 0. The number of rotatable bonds is 4. The Balaban J connectivity index is 1.58. The minimum absolute atomic E-state index is 0.529. The fraction of sp³-hybridized carbons (Fsp3) is 1.00. The van der Waals surface area contributed by atoms with Crippen molar-refractivity contribution in [1.29, 1.82) is 0 Å². The molecule has 0 aromatic heterocycles. The lowest BCUT2D eigenvalue weighted by Gasteiger charge is -2.39. The van der Waals surface area contributed by atoms with Crippen LogP contribution in [0.3, 0.4) is 0 Å². The summed E-state index contributed by atoms with van der Waals surface area (Å²) in [5, 5.41) is 0. The first kappa shape index (κ1) is 21.7. The minimum atomic E-state index is 0.529. The molecule has 0 saturated heterocycles. The summed E-state index contributed by atoms with van der Waals surface area (Å²) in [7, 11) is 0. The first-order chi connectivity index (χ1) is 13.0. The molecule has 0 bridgehead atoms. The predicted molar refractivity (Wildman–Crippen MR) is 120 cm³/mol. The molecule has 0 spiro atoms. The average Bonchev–Trinajstić information content (AvgIpc) is 2.78. The Morgan fingerprint density at radius 1 is 0.593 bits per heavy atom. The Labute approximate surface area is 171 Å². The molecule has 3 saturated carbocycles. The van der Waals surface area contributed by atoms with Gasteiger partial charge in [-0.25, -0.2) is 0 Å². The third kappa shape index (κ3) is 6.78. The van der Waals surface area contributed by atoms with Gasteiger partial charge in [-0.15, -0.1) is 0 Å². The summed E-state index contributed by atoms with van der Waals surface area (Å²) in [6.07, 6.45) is 27.7. The maximum Gasteiger partial charge on any atom is -0.0354 e. The molecule has 0 aliphatic heterocycles. The lowest BCUT2D eigenvalue weighted by atomic mass is 9.66. The third-order valence-corrected chi connectivity index (χ3v) is 8.93. The van der Waals surface area contributed by atoms with E-state index in [0.29, 0.717) is 5.41 Å². The standard InChI is InChI=1S/C27H50/c1-27(2,3)25-17-12-13-22(21-25)19-20-24-16-8-5-4-6-11-18-26(24)23-14-9-7-10-15-23/h22-26H,4-21H2,1-3H3. The molecule has 0 aromatic rings. The van der Waals surface area contributed by atoms with Gasteiger partial charge in [-0.3, -0.25) is 0 Å². The summed E-state index contributed by atoms with van der Waals surface area (Å²) >= 11 is 0. The molecule has 0 nitrogen and oxygen atoms in total. The second-order valence-electron chi connectivity index (χ2n) is 11.8. The molecule has 3 fully saturated rings. The first-order valence-corrected chi connectivity index (χ1v) is 13.0. The van der Waals surface area contributed by atoms with E-state index < -0.39 is 0 Å². The first-order valence-electron chi connectivity index (χ1n) is 13.0. The summed E-state index contributed by atoms with van der Waals surface area (Å²) in [5.74, 6) is 5.27. The zero-order valence-corrected chi connectivity index (χ0v) is 19.1. The predicted octanol–water partition coefficient (Wildman–Crippen LogP) is 9.18. The molecule has 3 rings (SSSR count). The summed E-state index contributed by atoms with van der Waals surface area (Å²) in [6, 6.07) is 0. The molecule has 0 aromatic carbocycles. The van der Waals surface area contributed by atoms with Crippen LogP contribution in [-0.2, 0) is 0 Å². The van der Waals surface area contributed by atoms with Crippen LogP contribution in [-0.4, -0.2) is 0 Å². The molecule has 0 heterocycles. The van der Waals surface area contributed by atoms with Crippen molar-refractivity contribution in [2.24, 2.45) is 35.0 Å². The Morgan fingerprint density at radius 2 is 1.22 bits per heavy atom. The van der Waals surface area contributed by atoms with Crippen molar-refractivity contribution in [2.45, 2.75) is 136 Å². The summed E-state index contributed by atoms with van der Waals surface area (Å²) < 4.78 is 0. The maximum absolute atomic E-state index is 2.48. The van der Waals surface area contributed by atoms with E-state index >= 15 is 0 Å². The molecular weight excluding hydrogens is 324 g/mol. The highest BCUT2D eigenvalue weighted by Crippen LogP contribution is 2.45. The van der Waals surface area contributed by atoms with Gasteiger partial charge in [-0.05, 0) is 60.7 Å². The van der Waals surface area contributed by atoms with Crippen LogP contribution in [0.1, 0.15) is 136 Å². The van der Waals surface area contributed by atoms with E-state index in [1.54, 1.807) is 38.5 Å². The number of hydrogen-bond donors (Lipinski definition) is 0. The van der Waals surface area contributed by atoms with E-state index in [1.165, 1.54) is 77.0 Å². The molecule has 0 heteroatoms. The van der Waals surface area contributed by atoms with Crippen LogP contribution in [0, 0.1) is 35.0 Å². The van der Waals surface area contributed by atoms with Crippen molar-refractivity contribution < 1.29 is 0 Å². The Kier molecular flexibility index (Phi) is 8.59. The van der Waals surface area contributed by atoms with Gasteiger partial charge in [0.05, 0.1) is 0 Å². The van der Waals surface area contributed by atoms with Gasteiger partial charge in [0.2, 0.25) is 0 Å². The normalized spacial score (nSPS) is 35.2. The zero-order valence-electron chi connectivity index (χ0n) is 19.1. The fourth-order valence-electron chi connectivity index (χ4n) is 7.10. The molecule has 27 heavy (non-hydrogen) atoms. The monoisotopic (exact) mass is 374 g/mol. The van der Waals surface area contributed by atoms with Gasteiger partial charge in [0.1, 0.15) is 0 Å². The van der Waals surface area contributed by atoms with Crippen molar-refractivity contribution >= 4 is 0 Å². The topological polar surface area (TPSA) is 0 Å². The van der Waals surface area contributed by atoms with E-state index in [0.717, 1.165) is 29.6 Å². The lowest BCUT2D eigenvalue weighted by Crippen LogP contribution is -2.29. The molecular formula is C27H50. The van der Waals surface area contributed by atoms with E-state index in [-0.39, 0.29) is 0 Å². The van der Waals surface area contributed by atoms with Gasteiger partial charge < -0.3 is 0 Å². The van der Waals surface area contributed by atoms with Crippen molar-refractivity contribution in [3.8, 4) is 0 Å². The SMILES string of the molecule is CC(C)(C)C1CCCC(CCC2CCCCCCCC2C2CCCCC2)C1. The third-order valence-electron chi connectivity index (χ3n) is 8.93. The second kappa shape index (κ2) is 10.7. The van der Waals surface area contributed by atoms with Crippen molar-refractivity contribution in [2.75, 3.05) is 0 Å². The lowest BCUT2D eigenvalue weighted by molar-refractivity contribution is 0.114. The van der Waals surface area contributed by atoms with E-state index in [9.17, 15) is 0 Å². The van der Waals surface area contributed by atoms with Crippen LogP contribution >= 0.6 is 0 Å². The van der Waals surface area contributed by atoms with Gasteiger partial charge in [-0.2, -0.15) is 0 Å². The van der Waals surface area contributed by atoms with E-state index in [2.05, 4.69) is 20.8 Å². The fourth-order valence-corrected chi connectivity index (χ4v) is 7.10. The van der Waals surface area contributed by atoms with E-state index in [1.807, 2.05) is 0 Å². The molecule has 158 valence electrons. The van der Waals surface area contributed by atoms with Gasteiger partial charge >= 0.3 is 0 Å².